The number of aromatic amines is 1. The molecule has 1 aromatic heterocycles. The van der Waals surface area contributed by atoms with Gasteiger partial charge in [0, 0.05) is 48.3 Å². The first-order chi connectivity index (χ1) is 11.1. The molecule has 0 bridgehead atoms. The van der Waals surface area contributed by atoms with Crippen molar-refractivity contribution in [2.24, 2.45) is 0 Å². The number of anilines is 1. The lowest BCUT2D eigenvalue weighted by Gasteiger charge is -2.35. The summed E-state index contributed by atoms with van der Waals surface area (Å²) in [6.45, 7) is 8.53. The van der Waals surface area contributed by atoms with Gasteiger partial charge in [0.2, 0.25) is 5.91 Å². The van der Waals surface area contributed by atoms with Crippen molar-refractivity contribution in [3.8, 4) is 0 Å². The van der Waals surface area contributed by atoms with Gasteiger partial charge in [-0.15, -0.1) is 0 Å². The molecule has 0 aliphatic carbocycles. The Kier molecular flexibility index (Phi) is 4.19. The molecule has 3 rings (SSSR count). The molecule has 5 nitrogen and oxygen atoms in total. The number of H-pyrrole nitrogens is 1. The summed E-state index contributed by atoms with van der Waals surface area (Å²) in [6, 6.07) is 8.05. The molecular formula is C18H21N3O2. The minimum atomic E-state index is -0.00991. The summed E-state index contributed by atoms with van der Waals surface area (Å²) >= 11 is 0. The number of amides is 1. The van der Waals surface area contributed by atoms with Crippen LogP contribution >= 0.6 is 0 Å². The molecule has 1 saturated heterocycles. The van der Waals surface area contributed by atoms with Crippen LogP contribution in [-0.2, 0) is 11.2 Å². The average Bonchev–Trinajstić information content (AvgIpc) is 2.60. The van der Waals surface area contributed by atoms with E-state index in [-0.39, 0.29) is 11.5 Å². The number of nitrogens with zero attached hydrogens (tertiary/aromatic N) is 2. The zero-order valence-corrected chi connectivity index (χ0v) is 13.3. The smallest absolute Gasteiger partial charge is 0.251 e. The summed E-state index contributed by atoms with van der Waals surface area (Å²) in [5.74, 6) is -0.00618. The predicted octanol–water partition coefficient (Wildman–Crippen LogP) is 1.93. The number of carbonyl (C=O) groups excluding carboxylic acids is 1. The van der Waals surface area contributed by atoms with Crippen molar-refractivity contribution in [1.29, 1.82) is 0 Å². The molecule has 0 atom stereocenters. The molecule has 1 aromatic carbocycles. The van der Waals surface area contributed by atoms with E-state index in [0.717, 1.165) is 41.7 Å². The van der Waals surface area contributed by atoms with Crippen molar-refractivity contribution >= 4 is 22.5 Å². The molecule has 23 heavy (non-hydrogen) atoms. The molecule has 1 amide bonds. The highest BCUT2D eigenvalue weighted by Crippen LogP contribution is 2.22. The number of rotatable bonds is 3. The molecule has 120 valence electrons. The van der Waals surface area contributed by atoms with Crippen molar-refractivity contribution in [3.63, 3.8) is 0 Å². The van der Waals surface area contributed by atoms with Gasteiger partial charge < -0.3 is 14.8 Å². The topological polar surface area (TPSA) is 56.4 Å². The molecule has 2 aromatic rings. The van der Waals surface area contributed by atoms with Gasteiger partial charge in [-0.2, -0.15) is 0 Å². The van der Waals surface area contributed by atoms with E-state index in [1.807, 2.05) is 30.0 Å². The molecule has 1 fully saturated rings. The highest BCUT2D eigenvalue weighted by atomic mass is 16.2. The largest absolute Gasteiger partial charge is 0.368 e. The van der Waals surface area contributed by atoms with Crippen LogP contribution in [0.2, 0.25) is 0 Å². The van der Waals surface area contributed by atoms with Crippen LogP contribution in [-0.4, -0.2) is 42.0 Å². The Balaban J connectivity index is 1.84. The molecule has 1 aliphatic rings. The number of piperazine rings is 1. The lowest BCUT2D eigenvalue weighted by Crippen LogP contribution is -2.48. The number of hydrogen-bond donors (Lipinski definition) is 1. The Morgan fingerprint density at radius 3 is 2.65 bits per heavy atom. The highest BCUT2D eigenvalue weighted by molar-refractivity contribution is 5.87. The molecule has 0 radical (unpaired) electrons. The number of hydrogen-bond acceptors (Lipinski definition) is 3. The summed E-state index contributed by atoms with van der Waals surface area (Å²) in [5, 5.41) is 1.04. The average molecular weight is 311 g/mol. The quantitative estimate of drug-likeness (QED) is 0.881. The van der Waals surface area contributed by atoms with Crippen LogP contribution in [0.1, 0.15) is 12.5 Å². The van der Waals surface area contributed by atoms with E-state index in [4.69, 9.17) is 0 Å². The van der Waals surface area contributed by atoms with Crippen LogP contribution in [0.5, 0.6) is 0 Å². The number of carbonyl (C=O) groups is 1. The zero-order chi connectivity index (χ0) is 16.4. The van der Waals surface area contributed by atoms with Gasteiger partial charge in [0.1, 0.15) is 0 Å². The maximum absolute atomic E-state index is 11.9. The van der Waals surface area contributed by atoms with E-state index in [1.165, 1.54) is 6.08 Å². The fourth-order valence-electron chi connectivity index (χ4n) is 3.01. The van der Waals surface area contributed by atoms with Gasteiger partial charge in [0.05, 0.1) is 0 Å². The Labute approximate surface area is 135 Å². The highest BCUT2D eigenvalue weighted by Gasteiger charge is 2.19. The molecule has 0 unspecified atom stereocenters. The maximum atomic E-state index is 11.9. The van der Waals surface area contributed by atoms with E-state index in [1.54, 1.807) is 0 Å². The van der Waals surface area contributed by atoms with Crippen molar-refractivity contribution in [2.75, 3.05) is 31.1 Å². The third-order valence-electron chi connectivity index (χ3n) is 4.42. The fourth-order valence-corrected chi connectivity index (χ4v) is 3.01. The lowest BCUT2D eigenvalue weighted by atomic mass is 10.1. The van der Waals surface area contributed by atoms with Crippen LogP contribution in [0.4, 0.5) is 5.69 Å². The van der Waals surface area contributed by atoms with Crippen LogP contribution in [0, 0.1) is 0 Å². The first-order valence-electron chi connectivity index (χ1n) is 7.94. The molecule has 1 N–H and O–H groups in total. The Bertz CT molecular complexity index is 802. The first-order valence-corrected chi connectivity index (χ1v) is 7.94. The summed E-state index contributed by atoms with van der Waals surface area (Å²) in [6.07, 6.45) is 2.09. The van der Waals surface area contributed by atoms with Crippen LogP contribution in [0.25, 0.3) is 10.9 Å². The van der Waals surface area contributed by atoms with Crippen LogP contribution < -0.4 is 10.5 Å². The fraction of sp³-hybridized carbons (Fsp3) is 0.333. The second kappa shape index (κ2) is 6.28. The van der Waals surface area contributed by atoms with E-state index in [0.29, 0.717) is 13.1 Å². The molecule has 2 heterocycles. The predicted molar refractivity (Wildman–Crippen MR) is 92.9 cm³/mol. The van der Waals surface area contributed by atoms with E-state index in [9.17, 15) is 9.59 Å². The van der Waals surface area contributed by atoms with Gasteiger partial charge in [-0.1, -0.05) is 13.5 Å². The second-order valence-electron chi connectivity index (χ2n) is 5.77. The Morgan fingerprint density at radius 2 is 2.00 bits per heavy atom. The minimum absolute atomic E-state index is 0.00618. The number of aryl methyl sites for hydroxylation is 1. The SMILES string of the molecule is C=CC(=O)N1CCN(c2ccc3[nH]c(=O)c(CC)cc3c2)CC1. The first kappa shape index (κ1) is 15.3. The molecule has 0 saturated carbocycles. The van der Waals surface area contributed by atoms with Gasteiger partial charge in [-0.05, 0) is 36.8 Å². The van der Waals surface area contributed by atoms with E-state index in [2.05, 4.69) is 22.5 Å². The molecule has 0 spiro atoms. The molecule has 1 aliphatic heterocycles. The van der Waals surface area contributed by atoms with Crippen LogP contribution in [0.3, 0.4) is 0 Å². The van der Waals surface area contributed by atoms with Gasteiger partial charge in [-0.3, -0.25) is 9.59 Å². The number of pyridine rings is 1. The van der Waals surface area contributed by atoms with Gasteiger partial charge in [0.15, 0.2) is 0 Å². The van der Waals surface area contributed by atoms with E-state index < -0.39 is 0 Å². The second-order valence-corrected chi connectivity index (χ2v) is 5.77. The van der Waals surface area contributed by atoms with E-state index >= 15 is 0 Å². The summed E-state index contributed by atoms with van der Waals surface area (Å²) < 4.78 is 0. The normalized spacial score (nSPS) is 15.0. The molecule has 5 heteroatoms. The van der Waals surface area contributed by atoms with Gasteiger partial charge >= 0.3 is 0 Å². The lowest BCUT2D eigenvalue weighted by molar-refractivity contribution is -0.126. The number of benzene rings is 1. The minimum Gasteiger partial charge on any atom is -0.368 e. The summed E-state index contributed by atoms with van der Waals surface area (Å²) in [4.78, 5) is 30.5. The standard InChI is InChI=1S/C18H21N3O2/c1-3-13-11-14-12-15(5-6-16(14)19-18(13)23)20-7-9-21(10-8-20)17(22)4-2/h4-6,11-12H,2-3,7-10H2,1H3,(H,19,23). The maximum Gasteiger partial charge on any atom is 0.251 e. The van der Waals surface area contributed by atoms with Gasteiger partial charge in [0.25, 0.3) is 5.56 Å². The van der Waals surface area contributed by atoms with Crippen molar-refractivity contribution in [3.05, 3.63) is 52.8 Å². The van der Waals surface area contributed by atoms with Gasteiger partial charge in [-0.25, -0.2) is 0 Å². The summed E-state index contributed by atoms with van der Waals surface area (Å²) in [7, 11) is 0. The Hall–Kier alpha value is -2.56. The monoisotopic (exact) mass is 311 g/mol. The number of nitrogens with one attached hydrogen (secondary N) is 1. The summed E-state index contributed by atoms with van der Waals surface area (Å²) in [5.41, 5.74) is 2.77. The number of aromatic nitrogens is 1. The van der Waals surface area contributed by atoms with Crippen molar-refractivity contribution in [1.82, 2.24) is 9.88 Å². The van der Waals surface area contributed by atoms with Crippen molar-refractivity contribution in [2.45, 2.75) is 13.3 Å². The van der Waals surface area contributed by atoms with Crippen molar-refractivity contribution < 1.29 is 4.79 Å². The van der Waals surface area contributed by atoms with Crippen LogP contribution in [0.15, 0.2) is 41.7 Å². The third-order valence-corrected chi connectivity index (χ3v) is 4.42. The Morgan fingerprint density at radius 1 is 1.26 bits per heavy atom. The third kappa shape index (κ3) is 2.99. The number of fused-ring (bicyclic) bond motifs is 1. The zero-order valence-electron chi connectivity index (χ0n) is 13.3. The molecular weight excluding hydrogens is 290 g/mol.